The van der Waals surface area contributed by atoms with E-state index in [1.54, 1.807) is 0 Å². The first-order valence-electron chi connectivity index (χ1n) is 6.23. The molecule has 0 aromatic carbocycles. The number of rotatable bonds is 2. The van der Waals surface area contributed by atoms with Crippen molar-refractivity contribution in [3.05, 3.63) is 22.4 Å². The van der Waals surface area contributed by atoms with Gasteiger partial charge in [0.2, 0.25) is 5.91 Å². The van der Waals surface area contributed by atoms with E-state index in [4.69, 9.17) is 0 Å². The van der Waals surface area contributed by atoms with E-state index in [9.17, 15) is 4.79 Å². The van der Waals surface area contributed by atoms with E-state index in [1.807, 2.05) is 19.1 Å². The number of piperidine rings is 1. The molecule has 0 radical (unpaired) electrons. The van der Waals surface area contributed by atoms with Crippen molar-refractivity contribution in [2.45, 2.75) is 32.7 Å². The average molecular weight is 312 g/mol. The van der Waals surface area contributed by atoms with Crippen LogP contribution in [-0.2, 0) is 4.79 Å². The smallest absolute Gasteiger partial charge is 0.227 e. The third kappa shape index (κ3) is 3.29. The molecule has 2 atom stereocenters. The van der Waals surface area contributed by atoms with E-state index in [2.05, 4.69) is 38.5 Å². The number of anilines is 1. The Kier molecular flexibility index (Phi) is 4.35. The van der Waals surface area contributed by atoms with Crippen molar-refractivity contribution in [2.24, 2.45) is 5.92 Å². The van der Waals surface area contributed by atoms with Crippen LogP contribution in [0.5, 0.6) is 0 Å². The molecule has 1 aliphatic rings. The predicted molar refractivity (Wildman–Crippen MR) is 75.5 cm³/mol. The van der Waals surface area contributed by atoms with Gasteiger partial charge in [-0.25, -0.2) is 4.98 Å². The number of halogens is 1. The molecule has 0 spiro atoms. The average Bonchev–Trinajstić information content (AvgIpc) is 2.32. The standard InChI is InChI=1S/C13H18BrN3O/c1-8-7-10(5-6-15-8)13(18)17-11-3-4-12(14)16-9(11)2/h3-4,8,10,15H,5-7H2,1-2H3,(H,17,18). The first-order chi connectivity index (χ1) is 8.56. The summed E-state index contributed by atoms with van der Waals surface area (Å²) in [6.07, 6.45) is 1.80. The highest BCUT2D eigenvalue weighted by Crippen LogP contribution is 2.21. The van der Waals surface area contributed by atoms with Gasteiger partial charge in [0.1, 0.15) is 4.60 Å². The van der Waals surface area contributed by atoms with Gasteiger partial charge in [0.05, 0.1) is 11.4 Å². The van der Waals surface area contributed by atoms with Crippen molar-refractivity contribution in [2.75, 3.05) is 11.9 Å². The summed E-state index contributed by atoms with van der Waals surface area (Å²) in [6.45, 7) is 4.92. The van der Waals surface area contributed by atoms with Crippen molar-refractivity contribution < 1.29 is 4.79 Å². The van der Waals surface area contributed by atoms with E-state index in [0.29, 0.717) is 6.04 Å². The molecular weight excluding hydrogens is 294 g/mol. The van der Waals surface area contributed by atoms with Crippen LogP contribution in [0.3, 0.4) is 0 Å². The molecule has 18 heavy (non-hydrogen) atoms. The van der Waals surface area contributed by atoms with Crippen LogP contribution in [0.25, 0.3) is 0 Å². The molecule has 2 unspecified atom stereocenters. The molecule has 4 nitrogen and oxygen atoms in total. The van der Waals surface area contributed by atoms with Crippen LogP contribution in [0.2, 0.25) is 0 Å². The normalized spacial score (nSPS) is 23.7. The minimum absolute atomic E-state index is 0.101. The summed E-state index contributed by atoms with van der Waals surface area (Å²) in [6, 6.07) is 4.14. The van der Waals surface area contributed by atoms with E-state index >= 15 is 0 Å². The quantitative estimate of drug-likeness (QED) is 0.825. The molecule has 1 fully saturated rings. The van der Waals surface area contributed by atoms with Gasteiger partial charge in [-0.05, 0) is 61.3 Å². The van der Waals surface area contributed by atoms with E-state index in [1.165, 1.54) is 0 Å². The Labute approximate surface area is 116 Å². The number of aromatic nitrogens is 1. The highest BCUT2D eigenvalue weighted by atomic mass is 79.9. The number of hydrogen-bond acceptors (Lipinski definition) is 3. The fourth-order valence-corrected chi connectivity index (χ4v) is 2.67. The molecular formula is C13H18BrN3O. The van der Waals surface area contributed by atoms with Crippen molar-refractivity contribution in [3.8, 4) is 0 Å². The second kappa shape index (κ2) is 5.80. The number of aryl methyl sites for hydroxylation is 1. The number of nitrogens with zero attached hydrogens (tertiary/aromatic N) is 1. The van der Waals surface area contributed by atoms with Gasteiger partial charge in [-0.1, -0.05) is 0 Å². The first kappa shape index (κ1) is 13.5. The summed E-state index contributed by atoms with van der Waals surface area (Å²) in [5, 5.41) is 6.33. The Hall–Kier alpha value is -0.940. The zero-order valence-corrected chi connectivity index (χ0v) is 12.3. The number of nitrogens with one attached hydrogen (secondary N) is 2. The van der Waals surface area contributed by atoms with Crippen LogP contribution < -0.4 is 10.6 Å². The third-order valence-electron chi connectivity index (χ3n) is 3.30. The number of pyridine rings is 1. The fourth-order valence-electron chi connectivity index (χ4n) is 2.27. The molecule has 98 valence electrons. The van der Waals surface area contributed by atoms with Crippen molar-refractivity contribution in [3.63, 3.8) is 0 Å². The van der Waals surface area contributed by atoms with Crippen molar-refractivity contribution >= 4 is 27.5 Å². The number of amides is 1. The maximum atomic E-state index is 12.2. The molecule has 1 aromatic heterocycles. The minimum atomic E-state index is 0.101. The van der Waals surface area contributed by atoms with Gasteiger partial charge in [0, 0.05) is 12.0 Å². The second-order valence-corrected chi connectivity index (χ2v) is 5.65. The number of hydrogen-bond donors (Lipinski definition) is 2. The lowest BCUT2D eigenvalue weighted by Crippen LogP contribution is -2.40. The van der Waals surface area contributed by atoms with Crippen molar-refractivity contribution in [1.29, 1.82) is 0 Å². The van der Waals surface area contributed by atoms with Gasteiger partial charge in [-0.15, -0.1) is 0 Å². The van der Waals surface area contributed by atoms with Gasteiger partial charge >= 0.3 is 0 Å². The van der Waals surface area contributed by atoms with Gasteiger partial charge < -0.3 is 10.6 Å². The van der Waals surface area contributed by atoms with Crippen LogP contribution in [0.1, 0.15) is 25.5 Å². The largest absolute Gasteiger partial charge is 0.324 e. The molecule has 5 heteroatoms. The number of carbonyl (C=O) groups is 1. The molecule has 1 aliphatic heterocycles. The molecule has 1 amide bonds. The van der Waals surface area contributed by atoms with Crippen LogP contribution in [-0.4, -0.2) is 23.5 Å². The highest BCUT2D eigenvalue weighted by Gasteiger charge is 2.24. The third-order valence-corrected chi connectivity index (χ3v) is 3.75. The maximum absolute atomic E-state index is 12.2. The summed E-state index contributed by atoms with van der Waals surface area (Å²) < 4.78 is 0.786. The van der Waals surface area contributed by atoms with Gasteiger partial charge in [-0.3, -0.25) is 4.79 Å². The molecule has 2 N–H and O–H groups in total. The molecule has 1 saturated heterocycles. The first-order valence-corrected chi connectivity index (χ1v) is 7.03. The molecule has 2 heterocycles. The molecule has 2 rings (SSSR count). The van der Waals surface area contributed by atoms with Gasteiger partial charge in [-0.2, -0.15) is 0 Å². The lowest BCUT2D eigenvalue weighted by Gasteiger charge is -2.27. The van der Waals surface area contributed by atoms with E-state index < -0.39 is 0 Å². The Morgan fingerprint density at radius 3 is 3.00 bits per heavy atom. The number of carbonyl (C=O) groups excluding carboxylic acids is 1. The SMILES string of the molecule is Cc1nc(Br)ccc1NC(=O)C1CCNC(C)C1. The lowest BCUT2D eigenvalue weighted by molar-refractivity contribution is -0.120. The highest BCUT2D eigenvalue weighted by molar-refractivity contribution is 9.10. The van der Waals surface area contributed by atoms with Crippen LogP contribution >= 0.6 is 15.9 Å². The monoisotopic (exact) mass is 311 g/mol. The summed E-state index contributed by atoms with van der Waals surface area (Å²) in [7, 11) is 0. The van der Waals surface area contributed by atoms with Gasteiger partial charge in [0.25, 0.3) is 0 Å². The fraction of sp³-hybridized carbons (Fsp3) is 0.538. The zero-order chi connectivity index (χ0) is 13.1. The Balaban J connectivity index is 2.02. The lowest BCUT2D eigenvalue weighted by atomic mass is 9.92. The summed E-state index contributed by atoms with van der Waals surface area (Å²) in [4.78, 5) is 16.4. The molecule has 1 aromatic rings. The minimum Gasteiger partial charge on any atom is -0.324 e. The maximum Gasteiger partial charge on any atom is 0.227 e. The molecule has 0 saturated carbocycles. The zero-order valence-electron chi connectivity index (χ0n) is 10.7. The molecule has 0 bridgehead atoms. The second-order valence-electron chi connectivity index (χ2n) is 4.83. The topological polar surface area (TPSA) is 54.0 Å². The predicted octanol–water partition coefficient (Wildman–Crippen LogP) is 2.48. The Bertz CT molecular complexity index is 450. The summed E-state index contributed by atoms with van der Waals surface area (Å²) >= 11 is 3.31. The van der Waals surface area contributed by atoms with Crippen LogP contribution in [0, 0.1) is 12.8 Å². The summed E-state index contributed by atoms with van der Waals surface area (Å²) in [5.41, 5.74) is 1.63. The van der Waals surface area contributed by atoms with Gasteiger partial charge in [0.15, 0.2) is 0 Å². The summed E-state index contributed by atoms with van der Waals surface area (Å²) in [5.74, 6) is 0.208. The Morgan fingerprint density at radius 2 is 2.33 bits per heavy atom. The van der Waals surface area contributed by atoms with Crippen LogP contribution in [0.4, 0.5) is 5.69 Å². The van der Waals surface area contributed by atoms with E-state index in [-0.39, 0.29) is 11.8 Å². The van der Waals surface area contributed by atoms with Crippen molar-refractivity contribution in [1.82, 2.24) is 10.3 Å². The Morgan fingerprint density at radius 1 is 1.56 bits per heavy atom. The van der Waals surface area contributed by atoms with E-state index in [0.717, 1.165) is 35.4 Å². The molecule has 0 aliphatic carbocycles. The van der Waals surface area contributed by atoms with Crippen LogP contribution in [0.15, 0.2) is 16.7 Å².